The molecule has 21 heavy (non-hydrogen) atoms. The Hall–Kier alpha value is -1.46. The predicted octanol–water partition coefficient (Wildman–Crippen LogP) is 2.58. The Morgan fingerprint density at radius 3 is 2.90 bits per heavy atom. The summed E-state index contributed by atoms with van der Waals surface area (Å²) in [5.41, 5.74) is 1.12. The molecule has 1 N–H and O–H groups in total. The molecule has 1 aliphatic heterocycles. The van der Waals surface area contributed by atoms with E-state index in [2.05, 4.69) is 19.2 Å². The molecule has 0 atom stereocenters. The molecule has 0 spiro atoms. The molecule has 0 radical (unpaired) electrons. The van der Waals surface area contributed by atoms with Gasteiger partial charge in [-0.2, -0.15) is 0 Å². The van der Waals surface area contributed by atoms with Crippen molar-refractivity contribution in [2.45, 2.75) is 26.8 Å². The second kappa shape index (κ2) is 8.10. The number of fused-ring (bicyclic) bond motifs is 1. The normalized spacial score (nSPS) is 13.0. The lowest BCUT2D eigenvalue weighted by Gasteiger charge is -2.10. The summed E-state index contributed by atoms with van der Waals surface area (Å²) in [6.45, 7) is 7.91. The molecule has 1 aromatic rings. The summed E-state index contributed by atoms with van der Waals surface area (Å²) in [4.78, 5) is 0. The SMILES string of the molecule is COc1cc(CNCCCOCC(C)C)cc2c1OCO2. The van der Waals surface area contributed by atoms with Crippen LogP contribution in [-0.4, -0.2) is 33.7 Å². The molecule has 1 heterocycles. The van der Waals surface area contributed by atoms with Crippen molar-refractivity contribution in [2.75, 3.05) is 33.7 Å². The first-order valence-corrected chi connectivity index (χ1v) is 7.45. The Morgan fingerprint density at radius 1 is 1.29 bits per heavy atom. The highest BCUT2D eigenvalue weighted by atomic mass is 16.7. The fourth-order valence-electron chi connectivity index (χ4n) is 2.14. The molecule has 0 fully saturated rings. The van der Waals surface area contributed by atoms with Crippen molar-refractivity contribution in [2.24, 2.45) is 5.92 Å². The van der Waals surface area contributed by atoms with E-state index < -0.39 is 0 Å². The van der Waals surface area contributed by atoms with Crippen molar-refractivity contribution in [3.05, 3.63) is 17.7 Å². The minimum Gasteiger partial charge on any atom is -0.493 e. The highest BCUT2D eigenvalue weighted by Gasteiger charge is 2.19. The van der Waals surface area contributed by atoms with Crippen molar-refractivity contribution >= 4 is 0 Å². The first-order valence-electron chi connectivity index (χ1n) is 7.45. The maximum atomic E-state index is 5.55. The van der Waals surface area contributed by atoms with Crippen molar-refractivity contribution < 1.29 is 18.9 Å². The van der Waals surface area contributed by atoms with E-state index in [1.165, 1.54) is 0 Å². The van der Waals surface area contributed by atoms with Crippen LogP contribution in [0.3, 0.4) is 0 Å². The van der Waals surface area contributed by atoms with E-state index in [-0.39, 0.29) is 6.79 Å². The minimum atomic E-state index is 0.260. The Labute approximate surface area is 126 Å². The average molecular weight is 295 g/mol. The average Bonchev–Trinajstić information content (AvgIpc) is 2.93. The van der Waals surface area contributed by atoms with Crippen LogP contribution in [0.1, 0.15) is 25.8 Å². The van der Waals surface area contributed by atoms with Crippen LogP contribution in [0.15, 0.2) is 12.1 Å². The largest absolute Gasteiger partial charge is 0.493 e. The third kappa shape index (κ3) is 4.79. The van der Waals surface area contributed by atoms with Gasteiger partial charge in [-0.25, -0.2) is 0 Å². The molecular weight excluding hydrogens is 270 g/mol. The van der Waals surface area contributed by atoms with Gasteiger partial charge >= 0.3 is 0 Å². The van der Waals surface area contributed by atoms with Gasteiger partial charge in [-0.05, 0) is 36.6 Å². The molecule has 0 unspecified atom stereocenters. The van der Waals surface area contributed by atoms with Crippen LogP contribution >= 0.6 is 0 Å². The van der Waals surface area contributed by atoms with Crippen LogP contribution in [0.25, 0.3) is 0 Å². The summed E-state index contributed by atoms with van der Waals surface area (Å²) >= 11 is 0. The Morgan fingerprint density at radius 2 is 2.14 bits per heavy atom. The monoisotopic (exact) mass is 295 g/mol. The Kier molecular flexibility index (Phi) is 6.14. The number of nitrogens with one attached hydrogen (secondary N) is 1. The lowest BCUT2D eigenvalue weighted by atomic mass is 10.2. The van der Waals surface area contributed by atoms with Crippen LogP contribution in [0.5, 0.6) is 17.2 Å². The molecule has 0 saturated heterocycles. The number of benzene rings is 1. The second-order valence-corrected chi connectivity index (χ2v) is 5.53. The van der Waals surface area contributed by atoms with Gasteiger partial charge in [-0.3, -0.25) is 0 Å². The smallest absolute Gasteiger partial charge is 0.231 e. The molecule has 1 aliphatic rings. The fourth-order valence-corrected chi connectivity index (χ4v) is 2.14. The summed E-state index contributed by atoms with van der Waals surface area (Å²) in [5.74, 6) is 2.77. The summed E-state index contributed by atoms with van der Waals surface area (Å²) in [5, 5.41) is 3.40. The molecule has 0 amide bonds. The molecule has 5 heteroatoms. The Bertz CT molecular complexity index is 448. The standard InChI is InChI=1S/C16H25NO4/c1-12(2)10-19-6-4-5-17-9-13-7-14(18-3)16-15(8-13)20-11-21-16/h7-8,12,17H,4-6,9-11H2,1-3H3. The number of methoxy groups -OCH3 is 1. The summed E-state index contributed by atoms with van der Waals surface area (Å²) < 4.78 is 21.7. The van der Waals surface area contributed by atoms with E-state index in [4.69, 9.17) is 18.9 Å². The van der Waals surface area contributed by atoms with Gasteiger partial charge in [-0.1, -0.05) is 13.8 Å². The third-order valence-corrected chi connectivity index (χ3v) is 3.14. The molecule has 0 aliphatic carbocycles. The highest BCUT2D eigenvalue weighted by molar-refractivity contribution is 5.55. The molecule has 5 nitrogen and oxygen atoms in total. The van der Waals surface area contributed by atoms with Gasteiger partial charge in [-0.15, -0.1) is 0 Å². The van der Waals surface area contributed by atoms with Gasteiger partial charge in [0.2, 0.25) is 12.5 Å². The van der Waals surface area contributed by atoms with E-state index in [0.717, 1.165) is 49.8 Å². The highest BCUT2D eigenvalue weighted by Crippen LogP contribution is 2.41. The first-order chi connectivity index (χ1) is 10.2. The van der Waals surface area contributed by atoms with Crippen LogP contribution in [0.2, 0.25) is 0 Å². The zero-order valence-corrected chi connectivity index (χ0v) is 13.1. The van der Waals surface area contributed by atoms with Gasteiger partial charge in [0.15, 0.2) is 11.5 Å². The van der Waals surface area contributed by atoms with Crippen LogP contribution in [0.4, 0.5) is 0 Å². The maximum absolute atomic E-state index is 5.55. The minimum absolute atomic E-state index is 0.260. The van der Waals surface area contributed by atoms with Gasteiger partial charge in [0.25, 0.3) is 0 Å². The van der Waals surface area contributed by atoms with Gasteiger partial charge in [0.1, 0.15) is 0 Å². The van der Waals surface area contributed by atoms with Crippen molar-refractivity contribution in [1.29, 1.82) is 0 Å². The maximum Gasteiger partial charge on any atom is 0.231 e. The molecule has 2 rings (SSSR count). The van der Waals surface area contributed by atoms with Gasteiger partial charge in [0.05, 0.1) is 7.11 Å². The van der Waals surface area contributed by atoms with Crippen LogP contribution in [-0.2, 0) is 11.3 Å². The van der Waals surface area contributed by atoms with E-state index >= 15 is 0 Å². The zero-order chi connectivity index (χ0) is 15.1. The molecule has 1 aromatic carbocycles. The second-order valence-electron chi connectivity index (χ2n) is 5.53. The number of hydrogen-bond acceptors (Lipinski definition) is 5. The lowest BCUT2D eigenvalue weighted by molar-refractivity contribution is 0.108. The topological polar surface area (TPSA) is 49.0 Å². The van der Waals surface area contributed by atoms with Gasteiger partial charge < -0.3 is 24.3 Å². The third-order valence-electron chi connectivity index (χ3n) is 3.14. The van der Waals surface area contributed by atoms with E-state index in [1.54, 1.807) is 7.11 Å². The lowest BCUT2D eigenvalue weighted by Crippen LogP contribution is -2.17. The van der Waals surface area contributed by atoms with E-state index in [1.807, 2.05) is 12.1 Å². The van der Waals surface area contributed by atoms with Crippen LogP contribution < -0.4 is 19.5 Å². The van der Waals surface area contributed by atoms with E-state index in [9.17, 15) is 0 Å². The van der Waals surface area contributed by atoms with Crippen molar-refractivity contribution in [3.63, 3.8) is 0 Å². The quantitative estimate of drug-likeness (QED) is 0.710. The van der Waals surface area contributed by atoms with Crippen LogP contribution in [0, 0.1) is 5.92 Å². The predicted molar refractivity (Wildman–Crippen MR) is 81.1 cm³/mol. The van der Waals surface area contributed by atoms with E-state index in [0.29, 0.717) is 11.7 Å². The number of rotatable bonds is 9. The Balaban J connectivity index is 1.71. The van der Waals surface area contributed by atoms with Crippen molar-refractivity contribution in [3.8, 4) is 17.2 Å². The molecule has 0 aromatic heterocycles. The molecule has 0 bridgehead atoms. The summed E-state index contributed by atoms with van der Waals surface area (Å²) in [6.07, 6.45) is 1.01. The molecule has 0 saturated carbocycles. The molecule has 118 valence electrons. The number of hydrogen-bond donors (Lipinski definition) is 1. The first kappa shape index (κ1) is 15.9. The number of ether oxygens (including phenoxy) is 4. The zero-order valence-electron chi connectivity index (χ0n) is 13.1. The van der Waals surface area contributed by atoms with Crippen molar-refractivity contribution in [1.82, 2.24) is 5.32 Å². The summed E-state index contributed by atoms with van der Waals surface area (Å²) in [7, 11) is 1.64. The fraction of sp³-hybridized carbons (Fsp3) is 0.625. The van der Waals surface area contributed by atoms with Gasteiger partial charge in [0, 0.05) is 19.8 Å². The summed E-state index contributed by atoms with van der Waals surface area (Å²) in [6, 6.07) is 3.98. The molecular formula is C16H25NO4.